The van der Waals surface area contributed by atoms with Gasteiger partial charge in [-0.3, -0.25) is 4.79 Å². The lowest BCUT2D eigenvalue weighted by Gasteiger charge is -1.99. The summed E-state index contributed by atoms with van der Waals surface area (Å²) >= 11 is 0. The maximum atomic E-state index is 11.2. The van der Waals surface area contributed by atoms with Crippen LogP contribution in [0.25, 0.3) is 6.08 Å². The molecule has 0 amide bonds. The summed E-state index contributed by atoms with van der Waals surface area (Å²) in [7, 11) is 0. The maximum Gasteiger partial charge on any atom is 0.170 e. The van der Waals surface area contributed by atoms with Crippen LogP contribution in [0.4, 0.5) is 0 Å². The Morgan fingerprint density at radius 3 is 3.09 bits per heavy atom. The molecule has 1 heterocycles. The fourth-order valence-electron chi connectivity index (χ4n) is 1.26. The topological polar surface area (TPSA) is 30.2 Å². The van der Waals surface area contributed by atoms with E-state index in [9.17, 15) is 4.79 Å². The Morgan fingerprint density at radius 2 is 2.36 bits per heavy atom. The molecule has 0 bridgehead atoms. The zero-order valence-electron chi connectivity index (χ0n) is 6.26. The third-order valence-electron chi connectivity index (χ3n) is 1.76. The van der Waals surface area contributed by atoms with Gasteiger partial charge in [0.1, 0.15) is 11.5 Å². The summed E-state index contributed by atoms with van der Waals surface area (Å²) in [5, 5.41) is 0. The molecule has 1 aliphatic rings. The number of aryl methyl sites for hydroxylation is 1. The third kappa shape index (κ3) is 0.909. The minimum atomic E-state index is 0.152. The molecule has 0 spiro atoms. The van der Waals surface area contributed by atoms with Crippen molar-refractivity contribution in [3.05, 3.63) is 29.2 Å². The van der Waals surface area contributed by atoms with Crippen LogP contribution in [-0.2, 0) is 0 Å². The highest BCUT2D eigenvalue weighted by atomic mass is 16.3. The quantitative estimate of drug-likeness (QED) is 0.564. The van der Waals surface area contributed by atoms with Gasteiger partial charge in [0.25, 0.3) is 0 Å². The zero-order chi connectivity index (χ0) is 7.84. The number of carbonyl (C=O) groups excluding carboxylic acids is 1. The molecule has 0 N–H and O–H groups in total. The van der Waals surface area contributed by atoms with Crippen molar-refractivity contribution in [2.75, 3.05) is 0 Å². The van der Waals surface area contributed by atoms with Crippen LogP contribution >= 0.6 is 0 Å². The number of furan rings is 1. The second-order valence-electron chi connectivity index (χ2n) is 2.66. The van der Waals surface area contributed by atoms with Crippen molar-refractivity contribution in [1.82, 2.24) is 0 Å². The lowest BCUT2D eigenvalue weighted by Crippen LogP contribution is -2.00. The van der Waals surface area contributed by atoms with Gasteiger partial charge >= 0.3 is 0 Å². The van der Waals surface area contributed by atoms with Crippen molar-refractivity contribution in [2.24, 2.45) is 0 Å². The van der Waals surface area contributed by atoms with Crippen LogP contribution in [0, 0.1) is 6.92 Å². The van der Waals surface area contributed by atoms with Crippen LogP contribution in [0.15, 0.2) is 16.6 Å². The monoisotopic (exact) mass is 148 g/mol. The standard InChI is InChI=1S/C9H8O2/c1-6-5-7-8(10)3-2-4-9(7)11-6/h2,4-5H,3H2,1H3. The summed E-state index contributed by atoms with van der Waals surface area (Å²) in [6.07, 6.45) is 4.18. The summed E-state index contributed by atoms with van der Waals surface area (Å²) in [6, 6.07) is 1.79. The molecule has 0 aliphatic heterocycles. The number of carbonyl (C=O) groups is 1. The van der Waals surface area contributed by atoms with Gasteiger partial charge < -0.3 is 4.42 Å². The Kier molecular flexibility index (Phi) is 1.22. The smallest absolute Gasteiger partial charge is 0.170 e. The van der Waals surface area contributed by atoms with Crippen LogP contribution in [0.5, 0.6) is 0 Å². The summed E-state index contributed by atoms with van der Waals surface area (Å²) in [5.74, 6) is 1.66. The van der Waals surface area contributed by atoms with Crippen molar-refractivity contribution >= 4 is 11.9 Å². The molecule has 0 atom stereocenters. The Labute approximate surface area is 64.5 Å². The van der Waals surface area contributed by atoms with Gasteiger partial charge in [-0.05, 0) is 19.1 Å². The van der Waals surface area contributed by atoms with E-state index < -0.39 is 0 Å². The average Bonchev–Trinajstić information content (AvgIpc) is 2.31. The number of fused-ring (bicyclic) bond motifs is 1. The first kappa shape index (κ1) is 6.40. The molecule has 0 unspecified atom stereocenters. The predicted octanol–water partition coefficient (Wildman–Crippen LogP) is 2.19. The highest BCUT2D eigenvalue weighted by Crippen LogP contribution is 2.22. The number of allylic oxidation sites excluding steroid dienone is 1. The second kappa shape index (κ2) is 2.09. The molecule has 1 aromatic heterocycles. The van der Waals surface area contributed by atoms with E-state index in [1.165, 1.54) is 0 Å². The van der Waals surface area contributed by atoms with E-state index in [4.69, 9.17) is 4.42 Å². The zero-order valence-corrected chi connectivity index (χ0v) is 6.26. The molecule has 1 aromatic rings. The fraction of sp³-hybridized carbons (Fsp3) is 0.222. The van der Waals surface area contributed by atoms with Crippen LogP contribution < -0.4 is 0 Å². The molecule has 2 nitrogen and oxygen atoms in total. The van der Waals surface area contributed by atoms with Crippen molar-refractivity contribution < 1.29 is 9.21 Å². The molecule has 0 fully saturated rings. The molecule has 0 radical (unpaired) electrons. The average molecular weight is 148 g/mol. The summed E-state index contributed by atoms with van der Waals surface area (Å²) in [4.78, 5) is 11.2. The third-order valence-corrected chi connectivity index (χ3v) is 1.76. The van der Waals surface area contributed by atoms with Gasteiger partial charge in [0.2, 0.25) is 0 Å². The Bertz CT molecular complexity index is 331. The number of rotatable bonds is 0. The summed E-state index contributed by atoms with van der Waals surface area (Å²) < 4.78 is 5.27. The van der Waals surface area contributed by atoms with Crippen LogP contribution in [0.2, 0.25) is 0 Å². The van der Waals surface area contributed by atoms with E-state index >= 15 is 0 Å². The van der Waals surface area contributed by atoms with Crippen LogP contribution in [-0.4, -0.2) is 5.78 Å². The van der Waals surface area contributed by atoms with E-state index in [1.54, 1.807) is 6.07 Å². The van der Waals surface area contributed by atoms with Crippen LogP contribution in [0.1, 0.15) is 28.3 Å². The van der Waals surface area contributed by atoms with E-state index in [0.29, 0.717) is 12.2 Å². The minimum absolute atomic E-state index is 0.152. The van der Waals surface area contributed by atoms with Gasteiger partial charge in [-0.15, -0.1) is 0 Å². The van der Waals surface area contributed by atoms with Gasteiger partial charge in [0, 0.05) is 6.42 Å². The number of Topliss-reactive ketones (excluding diaryl/α,β-unsaturated/α-hetero) is 1. The number of hydrogen-bond donors (Lipinski definition) is 0. The molecule has 2 heteroatoms. The molecule has 0 saturated carbocycles. The molecule has 0 aromatic carbocycles. The van der Waals surface area contributed by atoms with Gasteiger partial charge in [0.05, 0.1) is 5.56 Å². The van der Waals surface area contributed by atoms with Crippen LogP contribution in [0.3, 0.4) is 0 Å². The molecule has 0 saturated heterocycles. The number of ketones is 1. The molecular formula is C9H8O2. The van der Waals surface area contributed by atoms with Crippen molar-refractivity contribution in [1.29, 1.82) is 0 Å². The normalized spacial score (nSPS) is 15.2. The largest absolute Gasteiger partial charge is 0.461 e. The van der Waals surface area contributed by atoms with Crippen molar-refractivity contribution in [2.45, 2.75) is 13.3 Å². The first-order valence-electron chi connectivity index (χ1n) is 3.57. The lowest BCUT2D eigenvalue weighted by atomic mass is 10.0. The molecule has 56 valence electrons. The molecular weight excluding hydrogens is 140 g/mol. The molecule has 11 heavy (non-hydrogen) atoms. The summed E-state index contributed by atoms with van der Waals surface area (Å²) in [6.45, 7) is 1.85. The van der Waals surface area contributed by atoms with E-state index in [0.717, 1.165) is 11.3 Å². The van der Waals surface area contributed by atoms with Crippen molar-refractivity contribution in [3.8, 4) is 0 Å². The highest BCUT2D eigenvalue weighted by Gasteiger charge is 2.16. The Hall–Kier alpha value is -1.31. The fourth-order valence-corrected chi connectivity index (χ4v) is 1.26. The second-order valence-corrected chi connectivity index (χ2v) is 2.66. The van der Waals surface area contributed by atoms with E-state index in [1.807, 2.05) is 19.1 Å². The highest BCUT2D eigenvalue weighted by molar-refractivity contribution is 6.01. The lowest BCUT2D eigenvalue weighted by molar-refractivity contribution is 0.0993. The van der Waals surface area contributed by atoms with Gasteiger partial charge in [-0.2, -0.15) is 0 Å². The first-order chi connectivity index (χ1) is 5.27. The maximum absolute atomic E-state index is 11.2. The Balaban J connectivity index is 2.62. The van der Waals surface area contributed by atoms with E-state index in [-0.39, 0.29) is 5.78 Å². The minimum Gasteiger partial charge on any atom is -0.461 e. The first-order valence-corrected chi connectivity index (χ1v) is 3.57. The van der Waals surface area contributed by atoms with Gasteiger partial charge in [-0.1, -0.05) is 6.08 Å². The Morgan fingerprint density at radius 1 is 1.55 bits per heavy atom. The summed E-state index contributed by atoms with van der Waals surface area (Å²) in [5.41, 5.74) is 0.727. The van der Waals surface area contributed by atoms with E-state index in [2.05, 4.69) is 0 Å². The van der Waals surface area contributed by atoms with Gasteiger partial charge in [-0.25, -0.2) is 0 Å². The van der Waals surface area contributed by atoms with Gasteiger partial charge in [0.15, 0.2) is 5.78 Å². The SMILES string of the molecule is Cc1cc2c(o1)C=CCC2=O. The molecule has 1 aliphatic carbocycles. The molecule has 2 rings (SSSR count). The van der Waals surface area contributed by atoms with Crippen molar-refractivity contribution in [3.63, 3.8) is 0 Å². The predicted molar refractivity (Wildman–Crippen MR) is 41.4 cm³/mol. The number of hydrogen-bond acceptors (Lipinski definition) is 2.